The van der Waals surface area contributed by atoms with Gasteiger partial charge in [-0.2, -0.15) is 0 Å². The Morgan fingerprint density at radius 3 is 3.00 bits per heavy atom. The van der Waals surface area contributed by atoms with E-state index in [4.69, 9.17) is 9.84 Å². The van der Waals surface area contributed by atoms with E-state index in [0.717, 1.165) is 15.2 Å². The van der Waals surface area contributed by atoms with Crippen LogP contribution in [0.4, 0.5) is 0 Å². The van der Waals surface area contributed by atoms with E-state index >= 15 is 0 Å². The average molecular weight is 334 g/mol. The van der Waals surface area contributed by atoms with Crippen molar-refractivity contribution in [3.8, 4) is 0 Å². The Bertz CT molecular complexity index is 423. The maximum atomic E-state index is 12.1. The van der Waals surface area contributed by atoms with Crippen LogP contribution in [-0.2, 0) is 4.74 Å². The molecular formula is C12H16BrNO3S. The van der Waals surface area contributed by atoms with Gasteiger partial charge in [0.2, 0.25) is 0 Å². The zero-order valence-corrected chi connectivity index (χ0v) is 12.5. The summed E-state index contributed by atoms with van der Waals surface area (Å²) >= 11 is 4.81. The first-order valence-electron chi connectivity index (χ1n) is 5.85. The molecule has 0 saturated carbocycles. The lowest BCUT2D eigenvalue weighted by Gasteiger charge is -2.35. The summed E-state index contributed by atoms with van der Waals surface area (Å²) in [6.45, 7) is 3.69. The normalized spacial score (nSPS) is 25.3. The summed E-state index contributed by atoms with van der Waals surface area (Å²) in [4.78, 5) is 14.9. The van der Waals surface area contributed by atoms with Gasteiger partial charge in [0.15, 0.2) is 5.78 Å². The summed E-state index contributed by atoms with van der Waals surface area (Å²) in [7, 11) is 0. The molecule has 6 heteroatoms. The highest BCUT2D eigenvalue weighted by molar-refractivity contribution is 9.11. The topological polar surface area (TPSA) is 49.8 Å². The Morgan fingerprint density at radius 1 is 1.61 bits per heavy atom. The molecule has 1 aliphatic heterocycles. The SMILES string of the molecule is CC1CN(CC(=O)c2ccc(Br)s2)CC(CO)O1. The molecule has 18 heavy (non-hydrogen) atoms. The second-order valence-corrected chi connectivity index (χ2v) is 6.94. The van der Waals surface area contributed by atoms with Crippen molar-refractivity contribution in [2.45, 2.75) is 19.1 Å². The van der Waals surface area contributed by atoms with Gasteiger partial charge in [-0.3, -0.25) is 9.69 Å². The van der Waals surface area contributed by atoms with Crippen molar-refractivity contribution in [3.63, 3.8) is 0 Å². The number of aliphatic hydroxyl groups excluding tert-OH is 1. The molecule has 0 aliphatic carbocycles. The van der Waals surface area contributed by atoms with Gasteiger partial charge in [-0.05, 0) is 35.0 Å². The Hall–Kier alpha value is -0.270. The molecule has 1 aliphatic rings. The minimum atomic E-state index is -0.184. The molecule has 1 fully saturated rings. The number of thiophene rings is 1. The van der Waals surface area contributed by atoms with Gasteiger partial charge in [0.25, 0.3) is 0 Å². The van der Waals surface area contributed by atoms with Crippen LogP contribution < -0.4 is 0 Å². The predicted octanol–water partition coefficient (Wildman–Crippen LogP) is 1.77. The fourth-order valence-electron chi connectivity index (χ4n) is 2.12. The number of hydrogen-bond donors (Lipinski definition) is 1. The number of aliphatic hydroxyl groups is 1. The lowest BCUT2D eigenvalue weighted by molar-refractivity contribution is -0.0926. The molecule has 1 aromatic rings. The highest BCUT2D eigenvalue weighted by Gasteiger charge is 2.26. The van der Waals surface area contributed by atoms with Gasteiger partial charge in [-0.25, -0.2) is 0 Å². The van der Waals surface area contributed by atoms with Crippen LogP contribution in [0.3, 0.4) is 0 Å². The van der Waals surface area contributed by atoms with Crippen molar-refractivity contribution >= 4 is 33.0 Å². The molecule has 0 bridgehead atoms. The minimum absolute atomic E-state index is 0.000416. The first-order valence-corrected chi connectivity index (χ1v) is 7.46. The second kappa shape index (κ2) is 6.25. The van der Waals surface area contributed by atoms with Crippen LogP contribution in [0, 0.1) is 0 Å². The second-order valence-electron chi connectivity index (χ2n) is 4.47. The molecule has 1 N–H and O–H groups in total. The van der Waals surface area contributed by atoms with Crippen molar-refractivity contribution in [2.75, 3.05) is 26.2 Å². The third kappa shape index (κ3) is 3.61. The van der Waals surface area contributed by atoms with Gasteiger partial charge in [0.05, 0.1) is 34.0 Å². The van der Waals surface area contributed by atoms with E-state index in [9.17, 15) is 4.79 Å². The van der Waals surface area contributed by atoms with E-state index < -0.39 is 0 Å². The maximum Gasteiger partial charge on any atom is 0.186 e. The molecule has 1 aromatic heterocycles. The van der Waals surface area contributed by atoms with E-state index in [0.29, 0.717) is 13.1 Å². The minimum Gasteiger partial charge on any atom is -0.394 e. The molecule has 0 radical (unpaired) electrons. The highest BCUT2D eigenvalue weighted by Crippen LogP contribution is 2.23. The van der Waals surface area contributed by atoms with E-state index in [2.05, 4.69) is 15.9 Å². The Kier molecular flexibility index (Phi) is 4.91. The number of carbonyl (C=O) groups excluding carboxylic acids is 1. The number of ether oxygens (including phenoxy) is 1. The van der Waals surface area contributed by atoms with Gasteiger partial charge >= 0.3 is 0 Å². The van der Waals surface area contributed by atoms with Gasteiger partial charge in [-0.1, -0.05) is 0 Å². The van der Waals surface area contributed by atoms with Crippen LogP contribution in [0.5, 0.6) is 0 Å². The number of rotatable bonds is 4. The zero-order valence-electron chi connectivity index (χ0n) is 10.1. The van der Waals surface area contributed by atoms with Crippen LogP contribution in [-0.4, -0.2) is 54.2 Å². The van der Waals surface area contributed by atoms with Crippen molar-refractivity contribution in [1.82, 2.24) is 4.90 Å². The highest BCUT2D eigenvalue weighted by atomic mass is 79.9. The lowest BCUT2D eigenvalue weighted by Crippen LogP contribution is -2.49. The summed E-state index contributed by atoms with van der Waals surface area (Å²) in [5.41, 5.74) is 0. The molecule has 4 nitrogen and oxygen atoms in total. The predicted molar refractivity (Wildman–Crippen MR) is 74.2 cm³/mol. The van der Waals surface area contributed by atoms with Crippen molar-refractivity contribution in [1.29, 1.82) is 0 Å². The van der Waals surface area contributed by atoms with Gasteiger partial charge in [0, 0.05) is 13.1 Å². The monoisotopic (exact) mass is 333 g/mol. The quantitative estimate of drug-likeness (QED) is 0.853. The summed E-state index contributed by atoms with van der Waals surface area (Å²) in [5, 5.41) is 9.14. The number of halogens is 1. The Labute approximate surface area is 119 Å². The van der Waals surface area contributed by atoms with E-state index in [1.54, 1.807) is 0 Å². The molecule has 2 heterocycles. The summed E-state index contributed by atoms with van der Waals surface area (Å²) in [6.07, 6.45) is -0.129. The number of ketones is 1. The molecule has 2 unspecified atom stereocenters. The number of Topliss-reactive ketones (excluding diaryl/α,β-unsaturated/α-hetero) is 1. The van der Waals surface area contributed by atoms with E-state index in [1.807, 2.05) is 24.0 Å². The molecule has 1 saturated heterocycles. The Balaban J connectivity index is 1.94. The van der Waals surface area contributed by atoms with E-state index in [1.165, 1.54) is 11.3 Å². The average Bonchev–Trinajstić information content (AvgIpc) is 2.75. The first kappa shape index (κ1) is 14.1. The van der Waals surface area contributed by atoms with Crippen LogP contribution in [0.2, 0.25) is 0 Å². The van der Waals surface area contributed by atoms with Crippen LogP contribution >= 0.6 is 27.3 Å². The summed E-state index contributed by atoms with van der Waals surface area (Å²) in [5.74, 6) is 0.122. The first-order chi connectivity index (χ1) is 8.58. The van der Waals surface area contributed by atoms with Crippen molar-refractivity contribution in [3.05, 3.63) is 20.8 Å². The molecule has 2 atom stereocenters. The molecule has 0 spiro atoms. The summed E-state index contributed by atoms with van der Waals surface area (Å²) < 4.78 is 6.52. The number of nitrogens with zero attached hydrogens (tertiary/aromatic N) is 1. The van der Waals surface area contributed by atoms with Crippen molar-refractivity contribution < 1.29 is 14.6 Å². The fraction of sp³-hybridized carbons (Fsp3) is 0.583. The largest absolute Gasteiger partial charge is 0.394 e. The van der Waals surface area contributed by atoms with E-state index in [-0.39, 0.29) is 24.6 Å². The standard InChI is InChI=1S/C12H16BrNO3S/c1-8-4-14(5-9(7-15)17-8)6-10(16)11-2-3-12(13)18-11/h2-3,8-9,15H,4-7H2,1H3. The van der Waals surface area contributed by atoms with Gasteiger partial charge < -0.3 is 9.84 Å². The van der Waals surface area contributed by atoms with Gasteiger partial charge in [0.1, 0.15) is 0 Å². The zero-order chi connectivity index (χ0) is 13.1. The molecule has 100 valence electrons. The maximum absolute atomic E-state index is 12.1. The lowest BCUT2D eigenvalue weighted by atomic mass is 10.2. The third-order valence-corrected chi connectivity index (χ3v) is 4.49. The number of morpholine rings is 1. The van der Waals surface area contributed by atoms with Gasteiger partial charge in [-0.15, -0.1) is 11.3 Å². The molecule has 2 rings (SSSR count). The summed E-state index contributed by atoms with van der Waals surface area (Å²) in [6, 6.07) is 3.72. The van der Waals surface area contributed by atoms with Crippen LogP contribution in [0.25, 0.3) is 0 Å². The van der Waals surface area contributed by atoms with Crippen molar-refractivity contribution in [2.24, 2.45) is 0 Å². The smallest absolute Gasteiger partial charge is 0.186 e. The van der Waals surface area contributed by atoms with Crippen LogP contribution in [0.1, 0.15) is 16.6 Å². The van der Waals surface area contributed by atoms with Crippen LogP contribution in [0.15, 0.2) is 15.9 Å². The fourth-order valence-corrected chi connectivity index (χ4v) is 3.43. The molecule has 0 amide bonds. The third-order valence-electron chi connectivity index (χ3n) is 2.82. The molecule has 0 aromatic carbocycles. The Morgan fingerprint density at radius 2 is 2.39 bits per heavy atom. The number of hydrogen-bond acceptors (Lipinski definition) is 5. The number of carbonyl (C=O) groups is 1. The molecular weight excluding hydrogens is 318 g/mol.